The van der Waals surface area contributed by atoms with Crippen LogP contribution < -0.4 is 4.98 Å². The summed E-state index contributed by atoms with van der Waals surface area (Å²) in [5.41, 5.74) is 1.96. The lowest BCUT2D eigenvalue weighted by Crippen LogP contribution is -2.08. The van der Waals surface area contributed by atoms with E-state index in [1.165, 1.54) is 0 Å². The molecule has 0 aromatic heterocycles. The van der Waals surface area contributed by atoms with Crippen LogP contribution in [0.15, 0.2) is 12.3 Å². The van der Waals surface area contributed by atoms with Gasteiger partial charge in [-0.05, 0) is 7.05 Å². The van der Waals surface area contributed by atoms with Crippen molar-refractivity contribution in [1.29, 1.82) is 0 Å². The zero-order chi connectivity index (χ0) is 4.12. The molecule has 0 atom stereocenters. The average Bonchev–Trinajstić information content (AvgIpc) is 1.41. The molecule has 0 aliphatic heterocycles. The van der Waals surface area contributed by atoms with E-state index in [2.05, 4.69) is 11.6 Å². The van der Waals surface area contributed by atoms with Crippen molar-refractivity contribution in [1.82, 2.24) is 4.98 Å². The molecule has 0 aliphatic carbocycles. The fraction of sp³-hybridized carbons (Fsp3) is 0.333. The Labute approximate surface area is 35.0 Å². The molecule has 0 rings (SSSR count). The molecule has 0 bridgehead atoms. The molecule has 0 aliphatic rings. The van der Waals surface area contributed by atoms with E-state index in [0.29, 0.717) is 0 Å². The Hall–Kier alpha value is -0.0831. The van der Waals surface area contributed by atoms with Crippen LogP contribution >= 0.6 is 0 Å². The molecule has 1 N–H and O–H groups in total. The second-order valence-corrected chi connectivity index (χ2v) is 2.54. The quantitative estimate of drug-likeness (QED) is 0.445. The van der Waals surface area contributed by atoms with Gasteiger partial charge in [0.05, 0.1) is 0 Å². The lowest BCUT2D eigenvalue weighted by Gasteiger charge is -1.77. The van der Waals surface area contributed by atoms with Crippen molar-refractivity contribution in [3.05, 3.63) is 12.3 Å². The van der Waals surface area contributed by atoms with Gasteiger partial charge in [-0.1, -0.05) is 5.70 Å². The van der Waals surface area contributed by atoms with Gasteiger partial charge in [-0.25, -0.2) is 0 Å². The van der Waals surface area contributed by atoms with Crippen LogP contribution in [0, 0.1) is 0 Å². The van der Waals surface area contributed by atoms with Gasteiger partial charge in [-0.2, -0.15) is 0 Å². The molecule has 0 saturated heterocycles. The highest BCUT2D eigenvalue weighted by Crippen LogP contribution is 1.42. The van der Waals surface area contributed by atoms with E-state index >= 15 is 0 Å². The summed E-state index contributed by atoms with van der Waals surface area (Å²) in [4.78, 5) is 3.04. The Morgan fingerprint density at radius 3 is 2.60 bits per heavy atom. The zero-order valence-electron chi connectivity index (χ0n) is 3.49. The minimum Gasteiger partial charge on any atom is -0.342 e. The molecule has 0 unspecified atom stereocenters. The van der Waals surface area contributed by atoms with Gasteiger partial charge in [0.2, 0.25) is 0 Å². The van der Waals surface area contributed by atoms with Crippen molar-refractivity contribution >= 4 is 9.68 Å². The summed E-state index contributed by atoms with van der Waals surface area (Å²) in [7, 11) is 1.90. The molecular weight excluding hydrogens is 78.1 g/mol. The number of hydrogen-bond donors (Lipinski definition) is 1. The van der Waals surface area contributed by atoms with Gasteiger partial charge in [0, 0.05) is 0 Å². The number of hydrogen-bond acceptors (Lipinski definition) is 1. The molecular formula is C3H9NSi. The molecule has 5 heavy (non-hydrogen) atoms. The maximum atomic E-state index is 3.55. The van der Waals surface area contributed by atoms with Gasteiger partial charge in [0.1, 0.15) is 9.68 Å². The molecule has 0 fully saturated rings. The summed E-state index contributed by atoms with van der Waals surface area (Å²) in [6.45, 7) is 3.55. The van der Waals surface area contributed by atoms with Crippen LogP contribution in [0.5, 0.6) is 0 Å². The van der Waals surface area contributed by atoms with Gasteiger partial charge in [-0.3, -0.25) is 0 Å². The van der Waals surface area contributed by atoms with Gasteiger partial charge in [-0.15, -0.1) is 6.58 Å². The maximum absolute atomic E-state index is 3.55. The lowest BCUT2D eigenvalue weighted by atomic mass is 11.3. The van der Waals surface area contributed by atoms with E-state index in [9.17, 15) is 0 Å². The highest BCUT2D eigenvalue weighted by Gasteiger charge is 1.59. The topological polar surface area (TPSA) is 12.0 Å². The lowest BCUT2D eigenvalue weighted by molar-refractivity contribution is 1.26. The Morgan fingerprint density at radius 1 is 2.00 bits per heavy atom. The fourth-order valence-electron chi connectivity index (χ4n) is 0.144. The van der Waals surface area contributed by atoms with Crippen LogP contribution in [0.4, 0.5) is 0 Å². The molecule has 0 saturated carbocycles. The van der Waals surface area contributed by atoms with Crippen molar-refractivity contribution in [2.45, 2.75) is 0 Å². The normalized spacial score (nSPS) is 9.80. The minimum absolute atomic E-state index is 0.0540. The third-order valence-corrected chi connectivity index (χ3v) is 1.05. The molecule has 1 nitrogen and oxygen atoms in total. The average molecular weight is 87.2 g/mol. The highest BCUT2D eigenvalue weighted by molar-refractivity contribution is 6.38. The molecule has 30 valence electrons. The largest absolute Gasteiger partial charge is 0.342 e. The van der Waals surface area contributed by atoms with E-state index < -0.39 is 0 Å². The predicted molar refractivity (Wildman–Crippen MR) is 27.8 cm³/mol. The Kier molecular flexibility index (Phi) is 3.85. The van der Waals surface area contributed by atoms with Crippen molar-refractivity contribution in [2.24, 2.45) is 0 Å². The Balaban J connectivity index is 2.40. The molecule has 2 heteroatoms. The molecule has 0 heterocycles. The van der Waals surface area contributed by atoms with Gasteiger partial charge in [0.25, 0.3) is 0 Å². The van der Waals surface area contributed by atoms with Crippen LogP contribution in [0.25, 0.3) is 0 Å². The molecule has 0 aromatic carbocycles. The van der Waals surface area contributed by atoms with E-state index in [1.807, 2.05) is 12.7 Å². The first-order valence-corrected chi connectivity index (χ1v) is 3.19. The summed E-state index contributed by atoms with van der Waals surface area (Å²) in [5.74, 6) is 0. The van der Waals surface area contributed by atoms with E-state index in [-0.39, 0.29) is 9.68 Å². The van der Waals surface area contributed by atoms with Crippen LogP contribution in [0.3, 0.4) is 0 Å². The predicted octanol–water partition coefficient (Wildman–Crippen LogP) is -0.567. The number of rotatable bonds is 2. The molecule has 0 spiro atoms. The second kappa shape index (κ2) is 3.92. The molecule has 0 amide bonds. The van der Waals surface area contributed by atoms with Crippen LogP contribution in [-0.2, 0) is 0 Å². The van der Waals surface area contributed by atoms with E-state index in [0.717, 1.165) is 0 Å². The smallest absolute Gasteiger partial charge is 0.115 e. The summed E-state index contributed by atoms with van der Waals surface area (Å²) >= 11 is 0. The first-order chi connectivity index (χ1) is 2.41. The third kappa shape index (κ3) is 3.92. The van der Waals surface area contributed by atoms with Gasteiger partial charge in [0.15, 0.2) is 0 Å². The summed E-state index contributed by atoms with van der Waals surface area (Å²) in [6, 6.07) is 0. The van der Waals surface area contributed by atoms with Crippen molar-refractivity contribution in [2.75, 3.05) is 7.05 Å². The Bertz CT molecular complexity index is 28.1. The first kappa shape index (κ1) is 4.92. The summed E-state index contributed by atoms with van der Waals surface area (Å²) in [5, 5.41) is 0. The molecule has 0 radical (unpaired) electrons. The monoisotopic (exact) mass is 87.1 g/mol. The minimum atomic E-state index is -0.0540. The zero-order valence-corrected chi connectivity index (χ0v) is 4.91. The van der Waals surface area contributed by atoms with E-state index in [4.69, 9.17) is 0 Å². The van der Waals surface area contributed by atoms with Crippen molar-refractivity contribution < 1.29 is 0 Å². The summed E-state index contributed by atoms with van der Waals surface area (Å²) < 4.78 is 0. The maximum Gasteiger partial charge on any atom is 0.115 e. The third-order valence-electron chi connectivity index (χ3n) is 0.348. The highest BCUT2D eigenvalue weighted by atomic mass is 28.2. The fourth-order valence-corrected chi connectivity index (χ4v) is 0.433. The number of nitrogens with one attached hydrogen (secondary N) is 1. The van der Waals surface area contributed by atoms with E-state index in [1.54, 1.807) is 0 Å². The van der Waals surface area contributed by atoms with Crippen molar-refractivity contribution in [3.63, 3.8) is 0 Å². The van der Waals surface area contributed by atoms with Gasteiger partial charge >= 0.3 is 0 Å². The molecule has 0 aromatic rings. The standard InChI is InChI=1S/C3H9NSi/c1-3-5-4-2/h3-4H,1,5H2,2H3. The van der Waals surface area contributed by atoms with Crippen LogP contribution in [0.2, 0.25) is 0 Å². The van der Waals surface area contributed by atoms with Gasteiger partial charge < -0.3 is 4.98 Å². The van der Waals surface area contributed by atoms with Crippen molar-refractivity contribution in [3.8, 4) is 0 Å². The van der Waals surface area contributed by atoms with Crippen LogP contribution in [-0.4, -0.2) is 16.7 Å². The second-order valence-electron chi connectivity index (χ2n) is 0.846. The van der Waals surface area contributed by atoms with Crippen LogP contribution in [0.1, 0.15) is 0 Å². The Morgan fingerprint density at radius 2 is 2.60 bits per heavy atom. The first-order valence-electron chi connectivity index (χ1n) is 1.67. The summed E-state index contributed by atoms with van der Waals surface area (Å²) in [6.07, 6.45) is 0. The SMILES string of the molecule is C=C[SiH2]NC.